The third kappa shape index (κ3) is 2.42. The number of carbonyl (C=O) groups is 1. The largest absolute Gasteiger partial charge is 0.451 e. The number of fused-ring (bicyclic) bond motifs is 1. The molecule has 0 aliphatic heterocycles. The van der Waals surface area contributed by atoms with Crippen molar-refractivity contribution in [3.8, 4) is 0 Å². The summed E-state index contributed by atoms with van der Waals surface area (Å²) in [6.45, 7) is 3.99. The zero-order chi connectivity index (χ0) is 14.1. The molecule has 6 heteroatoms. The van der Waals surface area contributed by atoms with Gasteiger partial charge >= 0.3 is 0 Å². The summed E-state index contributed by atoms with van der Waals surface area (Å²) < 4.78 is 5.53. The Morgan fingerprint density at radius 3 is 2.95 bits per heavy atom. The molecule has 1 N–H and O–H groups in total. The number of rotatable bonds is 3. The van der Waals surface area contributed by atoms with Gasteiger partial charge in [-0.3, -0.25) is 10.1 Å². The molecule has 102 valence electrons. The topological polar surface area (TPSA) is 68.0 Å². The zero-order valence-electron chi connectivity index (χ0n) is 11.1. The molecule has 5 nitrogen and oxygen atoms in total. The van der Waals surface area contributed by atoms with Gasteiger partial charge in [-0.2, -0.15) is 0 Å². The average molecular weight is 287 g/mol. The molecule has 0 bridgehead atoms. The minimum Gasteiger partial charge on any atom is -0.451 e. The van der Waals surface area contributed by atoms with E-state index in [0.29, 0.717) is 10.7 Å². The summed E-state index contributed by atoms with van der Waals surface area (Å²) in [5, 5.41) is 12.9. The lowest BCUT2D eigenvalue weighted by molar-refractivity contribution is 0.0998. The van der Waals surface area contributed by atoms with Crippen molar-refractivity contribution in [3.63, 3.8) is 0 Å². The molecule has 20 heavy (non-hydrogen) atoms. The number of hydrogen-bond acceptors (Lipinski definition) is 5. The Morgan fingerprint density at radius 1 is 1.35 bits per heavy atom. The second kappa shape index (κ2) is 5.05. The lowest BCUT2D eigenvalue weighted by Gasteiger charge is -1.95. The van der Waals surface area contributed by atoms with Crippen molar-refractivity contribution in [1.82, 2.24) is 10.2 Å². The Balaban J connectivity index is 1.84. The van der Waals surface area contributed by atoms with E-state index in [1.807, 2.05) is 32.0 Å². The molecule has 1 aromatic carbocycles. The van der Waals surface area contributed by atoms with E-state index in [0.717, 1.165) is 22.4 Å². The number of benzene rings is 1. The maximum Gasteiger partial charge on any atom is 0.293 e. The van der Waals surface area contributed by atoms with Gasteiger partial charge in [0.2, 0.25) is 5.13 Å². The molecule has 1 amide bonds. The van der Waals surface area contributed by atoms with Crippen LogP contribution < -0.4 is 5.32 Å². The highest BCUT2D eigenvalue weighted by Gasteiger charge is 2.14. The summed E-state index contributed by atoms with van der Waals surface area (Å²) in [7, 11) is 0. The Kier molecular flexibility index (Phi) is 3.23. The quantitative estimate of drug-likeness (QED) is 0.801. The standard InChI is InChI=1S/C14H13N3O2S/c1-3-12-16-17-14(20-12)15-13(18)11-7-9-6-8(2)4-5-10(9)19-11/h4-7H,3H2,1-2H3,(H,15,17,18). The van der Waals surface area contributed by atoms with Crippen molar-refractivity contribution in [2.24, 2.45) is 0 Å². The number of hydrogen-bond donors (Lipinski definition) is 1. The number of amides is 1. The Hall–Kier alpha value is -2.21. The van der Waals surface area contributed by atoms with Crippen LogP contribution in [-0.4, -0.2) is 16.1 Å². The summed E-state index contributed by atoms with van der Waals surface area (Å²) in [4.78, 5) is 12.1. The predicted octanol–water partition coefficient (Wildman–Crippen LogP) is 3.41. The lowest BCUT2D eigenvalue weighted by atomic mass is 10.2. The highest BCUT2D eigenvalue weighted by Crippen LogP contribution is 2.22. The average Bonchev–Trinajstić information content (AvgIpc) is 3.04. The second-order valence-electron chi connectivity index (χ2n) is 4.46. The molecular formula is C14H13N3O2S. The molecule has 3 aromatic rings. The van der Waals surface area contributed by atoms with Crippen LogP contribution in [-0.2, 0) is 6.42 Å². The molecule has 0 fully saturated rings. The predicted molar refractivity (Wildman–Crippen MR) is 78.2 cm³/mol. The smallest absolute Gasteiger partial charge is 0.293 e. The van der Waals surface area contributed by atoms with E-state index < -0.39 is 0 Å². The highest BCUT2D eigenvalue weighted by atomic mass is 32.1. The third-order valence-electron chi connectivity index (χ3n) is 2.89. The van der Waals surface area contributed by atoms with Crippen molar-refractivity contribution < 1.29 is 9.21 Å². The first-order chi connectivity index (χ1) is 9.65. The summed E-state index contributed by atoms with van der Waals surface area (Å²) in [6, 6.07) is 7.53. The van der Waals surface area contributed by atoms with Gasteiger partial charge in [0.25, 0.3) is 5.91 Å². The number of anilines is 1. The van der Waals surface area contributed by atoms with Crippen LogP contribution >= 0.6 is 11.3 Å². The van der Waals surface area contributed by atoms with Crippen LogP contribution in [0.3, 0.4) is 0 Å². The Morgan fingerprint density at radius 2 is 2.20 bits per heavy atom. The van der Waals surface area contributed by atoms with Gasteiger partial charge in [-0.25, -0.2) is 0 Å². The van der Waals surface area contributed by atoms with Crippen LogP contribution in [0.15, 0.2) is 28.7 Å². The molecule has 0 unspecified atom stereocenters. The van der Waals surface area contributed by atoms with E-state index >= 15 is 0 Å². The van der Waals surface area contributed by atoms with Gasteiger partial charge in [-0.15, -0.1) is 10.2 Å². The van der Waals surface area contributed by atoms with Crippen LogP contribution in [0.5, 0.6) is 0 Å². The van der Waals surface area contributed by atoms with Crippen molar-refractivity contribution in [1.29, 1.82) is 0 Å². The number of aryl methyl sites for hydroxylation is 2. The van der Waals surface area contributed by atoms with Crippen molar-refractivity contribution in [2.75, 3.05) is 5.32 Å². The number of furan rings is 1. The fraction of sp³-hybridized carbons (Fsp3) is 0.214. The minimum absolute atomic E-state index is 0.277. The molecule has 0 aliphatic carbocycles. The van der Waals surface area contributed by atoms with Gasteiger partial charge in [0.05, 0.1) is 0 Å². The minimum atomic E-state index is -0.308. The number of carbonyl (C=O) groups excluding carboxylic acids is 1. The van der Waals surface area contributed by atoms with Crippen molar-refractivity contribution in [3.05, 3.63) is 40.6 Å². The maximum atomic E-state index is 12.1. The normalized spacial score (nSPS) is 10.9. The van der Waals surface area contributed by atoms with Crippen LogP contribution in [0.2, 0.25) is 0 Å². The second-order valence-corrected chi connectivity index (χ2v) is 5.52. The van der Waals surface area contributed by atoms with E-state index in [1.165, 1.54) is 11.3 Å². The maximum absolute atomic E-state index is 12.1. The molecule has 0 atom stereocenters. The molecule has 0 spiro atoms. The van der Waals surface area contributed by atoms with Crippen molar-refractivity contribution >= 4 is 33.3 Å². The first kappa shape index (κ1) is 12.8. The molecule has 0 radical (unpaired) electrons. The number of nitrogens with one attached hydrogen (secondary N) is 1. The van der Waals surface area contributed by atoms with E-state index in [2.05, 4.69) is 15.5 Å². The van der Waals surface area contributed by atoms with Gasteiger partial charge in [0.1, 0.15) is 10.6 Å². The molecule has 2 heterocycles. The van der Waals surface area contributed by atoms with Gasteiger partial charge in [-0.05, 0) is 31.5 Å². The number of aromatic nitrogens is 2. The summed E-state index contributed by atoms with van der Waals surface area (Å²) >= 11 is 1.37. The van der Waals surface area contributed by atoms with Crippen molar-refractivity contribution in [2.45, 2.75) is 20.3 Å². The summed E-state index contributed by atoms with van der Waals surface area (Å²) in [5.41, 5.74) is 1.83. The van der Waals surface area contributed by atoms with Crippen LogP contribution in [0.1, 0.15) is 28.0 Å². The van der Waals surface area contributed by atoms with Crippen LogP contribution in [0, 0.1) is 6.92 Å². The van der Waals surface area contributed by atoms with E-state index in [-0.39, 0.29) is 11.7 Å². The molecule has 0 saturated heterocycles. The van der Waals surface area contributed by atoms with E-state index in [1.54, 1.807) is 6.07 Å². The molecule has 0 aliphatic rings. The zero-order valence-corrected chi connectivity index (χ0v) is 12.0. The third-order valence-corrected chi connectivity index (χ3v) is 3.87. The van der Waals surface area contributed by atoms with Gasteiger partial charge < -0.3 is 4.42 Å². The van der Waals surface area contributed by atoms with E-state index in [9.17, 15) is 4.79 Å². The molecular weight excluding hydrogens is 274 g/mol. The van der Waals surface area contributed by atoms with Gasteiger partial charge in [0, 0.05) is 5.39 Å². The molecule has 2 aromatic heterocycles. The summed E-state index contributed by atoms with van der Waals surface area (Å²) in [5.74, 6) is -0.0310. The van der Waals surface area contributed by atoms with E-state index in [4.69, 9.17) is 4.42 Å². The molecule has 0 saturated carbocycles. The molecule has 3 rings (SSSR count). The Labute approximate surface area is 119 Å². The summed E-state index contributed by atoms with van der Waals surface area (Å²) in [6.07, 6.45) is 0.803. The SMILES string of the molecule is CCc1nnc(NC(=O)c2cc3cc(C)ccc3o2)s1. The Bertz CT molecular complexity index is 776. The number of nitrogens with zero attached hydrogens (tertiary/aromatic N) is 2. The first-order valence-electron chi connectivity index (χ1n) is 6.29. The first-order valence-corrected chi connectivity index (χ1v) is 7.11. The highest BCUT2D eigenvalue weighted by molar-refractivity contribution is 7.15. The lowest BCUT2D eigenvalue weighted by Crippen LogP contribution is -2.10. The van der Waals surface area contributed by atoms with Crippen LogP contribution in [0.4, 0.5) is 5.13 Å². The van der Waals surface area contributed by atoms with Gasteiger partial charge in [-0.1, -0.05) is 29.9 Å². The van der Waals surface area contributed by atoms with Crippen LogP contribution in [0.25, 0.3) is 11.0 Å². The fourth-order valence-corrected chi connectivity index (χ4v) is 2.55. The van der Waals surface area contributed by atoms with Gasteiger partial charge in [0.15, 0.2) is 5.76 Å². The fourth-order valence-electron chi connectivity index (χ4n) is 1.88. The monoisotopic (exact) mass is 287 g/mol.